The van der Waals surface area contributed by atoms with Gasteiger partial charge in [0.25, 0.3) is 0 Å². The second-order valence-electron chi connectivity index (χ2n) is 3.01. The molecule has 0 fully saturated rings. The van der Waals surface area contributed by atoms with Gasteiger partial charge in [0, 0.05) is 30.4 Å². The minimum atomic E-state index is -0.519. The summed E-state index contributed by atoms with van der Waals surface area (Å²) in [5.41, 5.74) is 6.09. The molecule has 0 aromatic carbocycles. The number of carbonyl (C=O) groups is 1. The molecule has 0 unspecified atom stereocenters. The molecule has 0 spiro atoms. The van der Waals surface area contributed by atoms with Crippen molar-refractivity contribution in [2.24, 2.45) is 5.73 Å². The highest BCUT2D eigenvalue weighted by Gasteiger charge is 2.00. The normalized spacial score (nSPS) is 9.25. The largest absolute Gasteiger partial charge is 0.366 e. The standard InChI is InChI=1S/C11H8N4O/c12-11(16)9-5-8(6-13-7-9)1-2-10-14-3-4-15-10/h3-7H,(H2,12,16)(H,14,15). The molecule has 0 bridgehead atoms. The lowest BCUT2D eigenvalue weighted by molar-refractivity contribution is 0.1000. The highest BCUT2D eigenvalue weighted by atomic mass is 16.1. The molecule has 5 heteroatoms. The number of nitrogens with two attached hydrogens (primary N) is 1. The third-order valence-corrected chi connectivity index (χ3v) is 1.85. The molecule has 0 saturated heterocycles. The van der Waals surface area contributed by atoms with Crippen molar-refractivity contribution in [1.29, 1.82) is 0 Å². The van der Waals surface area contributed by atoms with E-state index in [0.717, 1.165) is 0 Å². The summed E-state index contributed by atoms with van der Waals surface area (Å²) in [6.07, 6.45) is 6.26. The number of primary amides is 1. The van der Waals surface area contributed by atoms with Gasteiger partial charge < -0.3 is 10.7 Å². The Morgan fingerprint density at radius 1 is 1.38 bits per heavy atom. The zero-order valence-electron chi connectivity index (χ0n) is 8.27. The molecule has 5 nitrogen and oxygen atoms in total. The van der Waals surface area contributed by atoms with Crippen molar-refractivity contribution in [3.63, 3.8) is 0 Å². The number of nitrogens with zero attached hydrogens (tertiary/aromatic N) is 2. The Balaban J connectivity index is 2.28. The maximum Gasteiger partial charge on any atom is 0.250 e. The molecular formula is C11H8N4O. The van der Waals surface area contributed by atoms with Crippen molar-refractivity contribution in [1.82, 2.24) is 15.0 Å². The fourth-order valence-electron chi connectivity index (χ4n) is 1.11. The molecule has 0 aliphatic rings. The minimum absolute atomic E-state index is 0.339. The molecule has 0 aliphatic carbocycles. The molecule has 2 aromatic heterocycles. The lowest BCUT2D eigenvalue weighted by Gasteiger charge is -1.94. The maximum atomic E-state index is 10.9. The summed E-state index contributed by atoms with van der Waals surface area (Å²) in [4.78, 5) is 21.6. The van der Waals surface area contributed by atoms with Crippen LogP contribution in [0.4, 0.5) is 0 Å². The summed E-state index contributed by atoms with van der Waals surface area (Å²) in [6.45, 7) is 0. The third kappa shape index (κ3) is 2.25. The summed E-state index contributed by atoms with van der Waals surface area (Å²) < 4.78 is 0. The lowest BCUT2D eigenvalue weighted by atomic mass is 10.2. The van der Waals surface area contributed by atoms with Crippen LogP contribution in [0.2, 0.25) is 0 Å². The van der Waals surface area contributed by atoms with Gasteiger partial charge in [-0.3, -0.25) is 9.78 Å². The Kier molecular flexibility index (Phi) is 2.65. The highest BCUT2D eigenvalue weighted by molar-refractivity contribution is 5.92. The van der Waals surface area contributed by atoms with Crippen LogP contribution in [0.1, 0.15) is 21.7 Å². The summed E-state index contributed by atoms with van der Waals surface area (Å²) in [5.74, 6) is 5.67. The number of hydrogen-bond acceptors (Lipinski definition) is 3. The molecule has 78 valence electrons. The van der Waals surface area contributed by atoms with Gasteiger partial charge in [-0.15, -0.1) is 0 Å². The quantitative estimate of drug-likeness (QED) is 0.667. The van der Waals surface area contributed by atoms with Crippen LogP contribution in [0.15, 0.2) is 30.9 Å². The van der Waals surface area contributed by atoms with E-state index in [-0.39, 0.29) is 0 Å². The van der Waals surface area contributed by atoms with Crippen LogP contribution >= 0.6 is 0 Å². The summed E-state index contributed by atoms with van der Waals surface area (Å²) >= 11 is 0. The Labute approximate surface area is 91.7 Å². The van der Waals surface area contributed by atoms with Gasteiger partial charge in [0.05, 0.1) is 5.56 Å². The molecule has 2 aromatic rings. The van der Waals surface area contributed by atoms with E-state index in [2.05, 4.69) is 26.8 Å². The second-order valence-corrected chi connectivity index (χ2v) is 3.01. The fraction of sp³-hybridized carbons (Fsp3) is 0. The third-order valence-electron chi connectivity index (χ3n) is 1.85. The van der Waals surface area contributed by atoms with Crippen LogP contribution in [0.5, 0.6) is 0 Å². The number of aromatic nitrogens is 3. The van der Waals surface area contributed by atoms with Crippen LogP contribution in [0.3, 0.4) is 0 Å². The smallest absolute Gasteiger partial charge is 0.250 e. The number of pyridine rings is 1. The van der Waals surface area contributed by atoms with E-state index in [1.54, 1.807) is 24.7 Å². The maximum absolute atomic E-state index is 10.9. The topological polar surface area (TPSA) is 84.7 Å². The van der Waals surface area contributed by atoms with Gasteiger partial charge in [-0.2, -0.15) is 0 Å². The molecule has 0 radical (unpaired) electrons. The van der Waals surface area contributed by atoms with Gasteiger partial charge in [0.15, 0.2) is 5.82 Å². The van der Waals surface area contributed by atoms with Crippen molar-refractivity contribution in [3.8, 4) is 11.8 Å². The first-order chi connectivity index (χ1) is 7.75. The minimum Gasteiger partial charge on any atom is -0.366 e. The van der Waals surface area contributed by atoms with Crippen LogP contribution in [0.25, 0.3) is 0 Å². The predicted molar refractivity (Wildman–Crippen MR) is 57.3 cm³/mol. The number of H-pyrrole nitrogens is 1. The number of aromatic amines is 1. The van der Waals surface area contributed by atoms with Gasteiger partial charge in [0.2, 0.25) is 5.91 Å². The summed E-state index contributed by atoms with van der Waals surface area (Å²) in [7, 11) is 0. The summed E-state index contributed by atoms with van der Waals surface area (Å²) in [5, 5.41) is 0. The zero-order chi connectivity index (χ0) is 11.4. The van der Waals surface area contributed by atoms with Gasteiger partial charge in [0.1, 0.15) is 0 Å². The van der Waals surface area contributed by atoms with Crippen molar-refractivity contribution in [2.45, 2.75) is 0 Å². The van der Waals surface area contributed by atoms with Crippen LogP contribution in [0, 0.1) is 11.8 Å². The van der Waals surface area contributed by atoms with E-state index in [0.29, 0.717) is 17.0 Å². The van der Waals surface area contributed by atoms with E-state index in [9.17, 15) is 4.79 Å². The van der Waals surface area contributed by atoms with E-state index >= 15 is 0 Å². The molecule has 3 N–H and O–H groups in total. The zero-order valence-corrected chi connectivity index (χ0v) is 8.27. The van der Waals surface area contributed by atoms with Crippen molar-refractivity contribution in [3.05, 3.63) is 47.8 Å². The molecule has 0 aliphatic heterocycles. The molecule has 0 atom stereocenters. The first-order valence-corrected chi connectivity index (χ1v) is 4.52. The monoisotopic (exact) mass is 212 g/mol. The van der Waals surface area contributed by atoms with Crippen molar-refractivity contribution >= 4 is 5.91 Å². The average molecular weight is 212 g/mol. The predicted octanol–water partition coefficient (Wildman–Crippen LogP) is 0.303. The Morgan fingerprint density at radius 2 is 2.25 bits per heavy atom. The van der Waals surface area contributed by atoms with Crippen LogP contribution in [-0.4, -0.2) is 20.9 Å². The van der Waals surface area contributed by atoms with Crippen LogP contribution in [-0.2, 0) is 0 Å². The number of hydrogen-bond donors (Lipinski definition) is 2. The SMILES string of the molecule is NC(=O)c1cncc(C#Cc2ncc[nH]2)c1. The van der Waals surface area contributed by atoms with Crippen LogP contribution < -0.4 is 5.73 Å². The molecule has 16 heavy (non-hydrogen) atoms. The van der Waals surface area contributed by atoms with E-state index in [4.69, 9.17) is 5.73 Å². The lowest BCUT2D eigenvalue weighted by Crippen LogP contribution is -2.11. The molecule has 0 saturated carbocycles. The van der Waals surface area contributed by atoms with E-state index < -0.39 is 5.91 Å². The molecule has 1 amide bonds. The van der Waals surface area contributed by atoms with Crippen molar-refractivity contribution in [2.75, 3.05) is 0 Å². The molecule has 2 heterocycles. The van der Waals surface area contributed by atoms with E-state index in [1.165, 1.54) is 6.20 Å². The molecule has 2 rings (SSSR count). The summed E-state index contributed by atoms with van der Waals surface area (Å²) in [6, 6.07) is 1.59. The van der Waals surface area contributed by atoms with Gasteiger partial charge >= 0.3 is 0 Å². The Bertz CT molecular complexity index is 563. The number of nitrogens with one attached hydrogen (secondary N) is 1. The number of imidazole rings is 1. The van der Waals surface area contributed by atoms with E-state index in [1.807, 2.05) is 0 Å². The van der Waals surface area contributed by atoms with Gasteiger partial charge in [-0.1, -0.05) is 5.92 Å². The number of rotatable bonds is 1. The average Bonchev–Trinajstić information content (AvgIpc) is 2.79. The first-order valence-electron chi connectivity index (χ1n) is 4.52. The van der Waals surface area contributed by atoms with Crippen molar-refractivity contribution < 1.29 is 4.79 Å². The first kappa shape index (κ1) is 9.93. The Hall–Kier alpha value is -2.61. The molecular weight excluding hydrogens is 204 g/mol. The van der Waals surface area contributed by atoms with Gasteiger partial charge in [-0.25, -0.2) is 4.98 Å². The number of amides is 1. The van der Waals surface area contributed by atoms with Gasteiger partial charge in [-0.05, 0) is 12.0 Å². The second kappa shape index (κ2) is 4.28. The number of carbonyl (C=O) groups excluding carboxylic acids is 1. The highest BCUT2D eigenvalue weighted by Crippen LogP contribution is 2.00. The Morgan fingerprint density at radius 3 is 2.94 bits per heavy atom. The fourth-order valence-corrected chi connectivity index (χ4v) is 1.11.